The Bertz CT molecular complexity index is 664. The summed E-state index contributed by atoms with van der Waals surface area (Å²) in [5, 5.41) is 6.54. The van der Waals surface area contributed by atoms with Gasteiger partial charge in [-0.05, 0) is 40.2 Å². The molecule has 2 N–H and O–H groups in total. The van der Waals surface area contributed by atoms with Crippen LogP contribution in [0.2, 0.25) is 10.0 Å². The van der Waals surface area contributed by atoms with E-state index in [0.29, 0.717) is 31.6 Å². The van der Waals surface area contributed by atoms with E-state index in [2.05, 4.69) is 31.5 Å². The fourth-order valence-electron chi connectivity index (χ4n) is 1.52. The third-order valence-corrected chi connectivity index (χ3v) is 4.02. The third kappa shape index (κ3) is 3.42. The van der Waals surface area contributed by atoms with Gasteiger partial charge in [-0.1, -0.05) is 23.2 Å². The average molecular weight is 375 g/mol. The molecule has 0 atom stereocenters. The highest BCUT2D eigenvalue weighted by Crippen LogP contribution is 2.26. The van der Waals surface area contributed by atoms with Gasteiger partial charge in [0.05, 0.1) is 15.6 Å². The summed E-state index contributed by atoms with van der Waals surface area (Å²) in [7, 11) is 1.71. The standard InChI is InChI=1S/C13H10BrCl2N3O/c1-17-12-11(16)4-7(6-18-12)13(20)19-8-2-3-10(15)9(14)5-8/h2-6H,1H3,(H,17,18)(H,19,20). The lowest BCUT2D eigenvalue weighted by molar-refractivity contribution is 0.102. The lowest BCUT2D eigenvalue weighted by atomic mass is 10.2. The van der Waals surface area contributed by atoms with Crippen molar-refractivity contribution in [2.45, 2.75) is 0 Å². The van der Waals surface area contributed by atoms with Crippen LogP contribution in [0.5, 0.6) is 0 Å². The van der Waals surface area contributed by atoms with Crippen LogP contribution in [0, 0.1) is 0 Å². The van der Waals surface area contributed by atoms with Crippen molar-refractivity contribution in [3.05, 3.63) is 50.5 Å². The van der Waals surface area contributed by atoms with E-state index in [4.69, 9.17) is 23.2 Å². The number of hydrogen-bond donors (Lipinski definition) is 2. The molecule has 2 aromatic rings. The van der Waals surface area contributed by atoms with Gasteiger partial charge >= 0.3 is 0 Å². The van der Waals surface area contributed by atoms with Gasteiger partial charge in [-0.2, -0.15) is 0 Å². The second-order valence-corrected chi connectivity index (χ2v) is 5.56. The predicted octanol–water partition coefficient (Wildman–Crippen LogP) is 4.44. The molecule has 0 saturated heterocycles. The molecule has 104 valence electrons. The molecule has 2 rings (SSSR count). The van der Waals surface area contributed by atoms with E-state index in [1.165, 1.54) is 6.20 Å². The van der Waals surface area contributed by atoms with Crippen LogP contribution in [0.15, 0.2) is 34.9 Å². The van der Waals surface area contributed by atoms with Gasteiger partial charge in [-0.25, -0.2) is 4.98 Å². The Morgan fingerprint density at radius 3 is 2.60 bits per heavy atom. The van der Waals surface area contributed by atoms with Gasteiger partial charge in [-0.15, -0.1) is 0 Å². The number of amides is 1. The first-order valence-corrected chi connectivity index (χ1v) is 7.16. The highest BCUT2D eigenvalue weighted by Gasteiger charge is 2.10. The molecule has 4 nitrogen and oxygen atoms in total. The Labute approximate surface area is 134 Å². The number of carbonyl (C=O) groups excluding carboxylic acids is 1. The van der Waals surface area contributed by atoms with Crippen molar-refractivity contribution >= 4 is 56.5 Å². The normalized spacial score (nSPS) is 10.2. The molecule has 0 bridgehead atoms. The van der Waals surface area contributed by atoms with Gasteiger partial charge in [0.15, 0.2) is 0 Å². The zero-order valence-electron chi connectivity index (χ0n) is 10.4. The number of hydrogen-bond acceptors (Lipinski definition) is 3. The summed E-state index contributed by atoms with van der Waals surface area (Å²) >= 11 is 15.2. The molecular formula is C13H10BrCl2N3O. The molecule has 7 heteroatoms. The molecule has 1 heterocycles. The van der Waals surface area contributed by atoms with E-state index in [1.807, 2.05) is 0 Å². The van der Waals surface area contributed by atoms with Crippen molar-refractivity contribution < 1.29 is 4.79 Å². The van der Waals surface area contributed by atoms with Crippen molar-refractivity contribution in [2.24, 2.45) is 0 Å². The summed E-state index contributed by atoms with van der Waals surface area (Å²) in [6.45, 7) is 0. The van der Waals surface area contributed by atoms with Crippen LogP contribution in [0.3, 0.4) is 0 Å². The number of aromatic nitrogens is 1. The minimum Gasteiger partial charge on any atom is -0.372 e. The first kappa shape index (κ1) is 15.1. The zero-order chi connectivity index (χ0) is 14.7. The number of nitrogens with zero attached hydrogens (tertiary/aromatic N) is 1. The zero-order valence-corrected chi connectivity index (χ0v) is 13.5. The van der Waals surface area contributed by atoms with Crippen LogP contribution in [-0.4, -0.2) is 17.9 Å². The number of halogens is 3. The fourth-order valence-corrected chi connectivity index (χ4v) is 2.28. The quantitative estimate of drug-likeness (QED) is 0.834. The molecule has 1 amide bonds. The van der Waals surface area contributed by atoms with Crippen molar-refractivity contribution in [1.82, 2.24) is 4.98 Å². The summed E-state index contributed by atoms with van der Waals surface area (Å²) in [6.07, 6.45) is 1.46. The smallest absolute Gasteiger partial charge is 0.257 e. The third-order valence-electron chi connectivity index (χ3n) is 2.52. The number of benzene rings is 1. The first-order valence-electron chi connectivity index (χ1n) is 5.61. The molecule has 0 aliphatic rings. The van der Waals surface area contributed by atoms with Gasteiger partial charge in [0.1, 0.15) is 5.82 Å². The number of anilines is 2. The number of nitrogens with one attached hydrogen (secondary N) is 2. The van der Waals surface area contributed by atoms with Gasteiger partial charge in [0, 0.05) is 23.4 Å². The molecule has 0 unspecified atom stereocenters. The van der Waals surface area contributed by atoms with E-state index >= 15 is 0 Å². The SMILES string of the molecule is CNc1ncc(C(=O)Nc2ccc(Cl)c(Br)c2)cc1Cl. The summed E-state index contributed by atoms with van der Waals surface area (Å²) in [4.78, 5) is 16.1. The Balaban J connectivity index is 2.19. The first-order chi connectivity index (χ1) is 9.51. The van der Waals surface area contributed by atoms with Crippen molar-refractivity contribution in [2.75, 3.05) is 17.7 Å². The molecule has 0 fully saturated rings. The van der Waals surface area contributed by atoms with Crippen LogP contribution in [0.25, 0.3) is 0 Å². The highest BCUT2D eigenvalue weighted by atomic mass is 79.9. The molecule has 1 aromatic carbocycles. The van der Waals surface area contributed by atoms with E-state index in [-0.39, 0.29) is 5.91 Å². The van der Waals surface area contributed by atoms with Gasteiger partial charge in [0.25, 0.3) is 5.91 Å². The van der Waals surface area contributed by atoms with Gasteiger partial charge < -0.3 is 10.6 Å². The van der Waals surface area contributed by atoms with E-state index in [1.54, 1.807) is 31.3 Å². The Kier molecular flexibility index (Phi) is 4.86. The fraction of sp³-hybridized carbons (Fsp3) is 0.0769. The maximum absolute atomic E-state index is 12.1. The molecule has 0 aliphatic heterocycles. The second kappa shape index (κ2) is 6.43. The van der Waals surface area contributed by atoms with Gasteiger partial charge in [0.2, 0.25) is 0 Å². The molecule has 0 spiro atoms. The largest absolute Gasteiger partial charge is 0.372 e. The van der Waals surface area contributed by atoms with Crippen LogP contribution in [0.4, 0.5) is 11.5 Å². The Hall–Kier alpha value is -1.30. The van der Waals surface area contributed by atoms with Crippen molar-refractivity contribution in [1.29, 1.82) is 0 Å². The summed E-state index contributed by atoms with van der Waals surface area (Å²) in [6, 6.07) is 6.68. The Morgan fingerprint density at radius 1 is 1.25 bits per heavy atom. The molecule has 1 aromatic heterocycles. The average Bonchev–Trinajstić information content (AvgIpc) is 2.42. The molecule has 0 aliphatic carbocycles. The number of rotatable bonds is 3. The summed E-state index contributed by atoms with van der Waals surface area (Å²) in [5.74, 6) is 0.230. The van der Waals surface area contributed by atoms with Crippen molar-refractivity contribution in [3.8, 4) is 0 Å². The minimum absolute atomic E-state index is 0.295. The maximum atomic E-state index is 12.1. The molecule has 0 radical (unpaired) electrons. The topological polar surface area (TPSA) is 54.0 Å². The highest BCUT2D eigenvalue weighted by molar-refractivity contribution is 9.10. The van der Waals surface area contributed by atoms with E-state index < -0.39 is 0 Å². The molecular weight excluding hydrogens is 365 g/mol. The monoisotopic (exact) mass is 373 g/mol. The lowest BCUT2D eigenvalue weighted by Gasteiger charge is -2.08. The van der Waals surface area contributed by atoms with Gasteiger partial charge in [-0.3, -0.25) is 4.79 Å². The summed E-state index contributed by atoms with van der Waals surface area (Å²) in [5.41, 5.74) is 1.00. The predicted molar refractivity (Wildman–Crippen MR) is 85.9 cm³/mol. The van der Waals surface area contributed by atoms with E-state index in [0.717, 1.165) is 0 Å². The van der Waals surface area contributed by atoms with Crippen LogP contribution >= 0.6 is 39.1 Å². The lowest BCUT2D eigenvalue weighted by Crippen LogP contribution is -2.12. The van der Waals surface area contributed by atoms with Crippen LogP contribution < -0.4 is 10.6 Å². The number of carbonyl (C=O) groups is 1. The van der Waals surface area contributed by atoms with Crippen LogP contribution in [-0.2, 0) is 0 Å². The maximum Gasteiger partial charge on any atom is 0.257 e. The number of pyridine rings is 1. The minimum atomic E-state index is -0.295. The van der Waals surface area contributed by atoms with Crippen LogP contribution in [0.1, 0.15) is 10.4 Å². The molecule has 0 saturated carbocycles. The Morgan fingerprint density at radius 2 is 2.00 bits per heavy atom. The summed E-state index contributed by atoms with van der Waals surface area (Å²) < 4.78 is 0.707. The van der Waals surface area contributed by atoms with E-state index in [9.17, 15) is 4.79 Å². The van der Waals surface area contributed by atoms with Crippen molar-refractivity contribution in [3.63, 3.8) is 0 Å². The molecule has 20 heavy (non-hydrogen) atoms. The second-order valence-electron chi connectivity index (χ2n) is 3.89.